The minimum atomic E-state index is -0.843. The number of carbonyl (C=O) groups excluding carboxylic acids is 1. The summed E-state index contributed by atoms with van der Waals surface area (Å²) in [6.45, 7) is 0.444. The fourth-order valence-electron chi connectivity index (χ4n) is 1.76. The van der Waals surface area contributed by atoms with Crippen LogP contribution in [0.3, 0.4) is 0 Å². The van der Waals surface area contributed by atoms with Gasteiger partial charge in [0.05, 0.1) is 27.9 Å². The van der Waals surface area contributed by atoms with E-state index in [2.05, 4.69) is 25.7 Å². The van der Waals surface area contributed by atoms with E-state index in [-0.39, 0.29) is 12.5 Å². The van der Waals surface area contributed by atoms with Crippen molar-refractivity contribution in [3.05, 3.63) is 28.2 Å². The van der Waals surface area contributed by atoms with Crippen molar-refractivity contribution in [2.45, 2.75) is 12.4 Å². The first-order chi connectivity index (χ1) is 9.02. The number of hydrogen-bond acceptors (Lipinski definition) is 3. The Morgan fingerprint density at radius 1 is 1.58 bits per heavy atom. The van der Waals surface area contributed by atoms with Crippen LogP contribution in [0, 0.1) is 5.82 Å². The maximum atomic E-state index is 13.4. The van der Waals surface area contributed by atoms with Gasteiger partial charge in [0.15, 0.2) is 0 Å². The highest BCUT2D eigenvalue weighted by atomic mass is 79.9. The zero-order chi connectivity index (χ0) is 14.0. The monoisotopic (exact) mass is 349 g/mol. The third-order valence-electron chi connectivity index (χ3n) is 2.55. The molecule has 1 heterocycles. The second-order valence-electron chi connectivity index (χ2n) is 3.74. The number of primary amides is 1. The fourth-order valence-corrected chi connectivity index (χ4v) is 2.29. The zero-order valence-electron chi connectivity index (χ0n) is 9.70. The van der Waals surface area contributed by atoms with E-state index in [4.69, 9.17) is 17.3 Å². The van der Waals surface area contributed by atoms with Gasteiger partial charge in [-0.05, 0) is 22.0 Å². The average Bonchev–Trinajstić information content (AvgIpc) is 2.67. The van der Waals surface area contributed by atoms with Gasteiger partial charge < -0.3 is 15.0 Å². The average molecular weight is 351 g/mol. The van der Waals surface area contributed by atoms with Crippen LogP contribution in [-0.4, -0.2) is 22.3 Å². The normalized spacial score (nSPS) is 10.9. The largest absolute Gasteiger partial charge is 0.448 e. The summed E-state index contributed by atoms with van der Waals surface area (Å²) in [5, 5.41) is 0. The highest BCUT2D eigenvalue weighted by molar-refractivity contribution is 9.10. The van der Waals surface area contributed by atoms with E-state index in [1.54, 1.807) is 10.6 Å². The Hall–Kier alpha value is -1.34. The molecule has 1 aromatic heterocycles. The number of imidazole rings is 1. The van der Waals surface area contributed by atoms with Gasteiger partial charge in [-0.2, -0.15) is 0 Å². The number of carbonyl (C=O) groups is 1. The third-order valence-corrected chi connectivity index (χ3v) is 3.39. The lowest BCUT2D eigenvalue weighted by Gasteiger charge is -2.07. The number of fused-ring (bicyclic) bond motifs is 1. The van der Waals surface area contributed by atoms with Crippen LogP contribution < -0.4 is 5.73 Å². The van der Waals surface area contributed by atoms with Crippen molar-refractivity contribution in [1.29, 1.82) is 0 Å². The number of hydrogen-bond donors (Lipinski definition) is 1. The summed E-state index contributed by atoms with van der Waals surface area (Å²) in [4.78, 5) is 14.8. The number of aromatic nitrogens is 2. The first kappa shape index (κ1) is 14.1. The maximum Gasteiger partial charge on any atom is 0.404 e. The number of amides is 1. The number of benzene rings is 1. The molecule has 2 rings (SSSR count). The molecule has 0 radical (unpaired) electrons. The first-order valence-corrected chi connectivity index (χ1v) is 6.68. The molecule has 0 aliphatic heterocycles. The van der Waals surface area contributed by atoms with Crippen LogP contribution in [-0.2, 0) is 17.2 Å². The molecule has 2 aromatic rings. The van der Waals surface area contributed by atoms with Gasteiger partial charge in [0, 0.05) is 6.07 Å². The molecule has 1 amide bonds. The molecule has 0 saturated heterocycles. The van der Waals surface area contributed by atoms with Gasteiger partial charge in [0.1, 0.15) is 18.2 Å². The number of halogens is 3. The van der Waals surface area contributed by atoms with Crippen LogP contribution in [0.25, 0.3) is 11.0 Å². The highest BCUT2D eigenvalue weighted by Crippen LogP contribution is 2.24. The standard InChI is InChI=1S/C11H10BrClFN3O2/c12-6-3-9-8(4-7(6)14)16-10(5-13)17(9)1-2-19-11(15)18/h3-4H,1-2,5H2,(H2,15,18). The lowest BCUT2D eigenvalue weighted by atomic mass is 10.3. The molecule has 102 valence electrons. The van der Waals surface area contributed by atoms with E-state index < -0.39 is 11.9 Å². The van der Waals surface area contributed by atoms with E-state index in [1.807, 2.05) is 0 Å². The summed E-state index contributed by atoms with van der Waals surface area (Å²) in [6.07, 6.45) is -0.843. The van der Waals surface area contributed by atoms with Gasteiger partial charge in [0.2, 0.25) is 0 Å². The molecule has 8 heteroatoms. The summed E-state index contributed by atoms with van der Waals surface area (Å²) in [6, 6.07) is 2.93. The van der Waals surface area contributed by atoms with E-state index in [1.165, 1.54) is 6.07 Å². The molecule has 0 aliphatic rings. The highest BCUT2D eigenvalue weighted by Gasteiger charge is 2.13. The molecule has 5 nitrogen and oxygen atoms in total. The van der Waals surface area contributed by atoms with Crippen molar-refractivity contribution in [1.82, 2.24) is 9.55 Å². The Balaban J connectivity index is 2.39. The second kappa shape index (κ2) is 5.75. The molecule has 0 atom stereocenters. The first-order valence-electron chi connectivity index (χ1n) is 5.35. The Bertz CT molecular complexity index is 632. The van der Waals surface area contributed by atoms with Gasteiger partial charge in [-0.25, -0.2) is 14.2 Å². The summed E-state index contributed by atoms with van der Waals surface area (Å²) in [5.74, 6) is 0.346. The number of rotatable bonds is 4. The molecule has 19 heavy (non-hydrogen) atoms. The molecule has 0 saturated carbocycles. The van der Waals surface area contributed by atoms with Gasteiger partial charge in [0.25, 0.3) is 0 Å². The summed E-state index contributed by atoms with van der Waals surface area (Å²) < 4.78 is 20.2. The predicted octanol–water partition coefficient (Wildman–Crippen LogP) is 2.77. The summed E-state index contributed by atoms with van der Waals surface area (Å²) in [7, 11) is 0. The Morgan fingerprint density at radius 2 is 2.32 bits per heavy atom. The molecule has 1 aromatic carbocycles. The van der Waals surface area contributed by atoms with E-state index >= 15 is 0 Å². The topological polar surface area (TPSA) is 70.1 Å². The van der Waals surface area contributed by atoms with Crippen LogP contribution in [0.1, 0.15) is 5.82 Å². The smallest absolute Gasteiger partial charge is 0.404 e. The Morgan fingerprint density at radius 3 is 2.95 bits per heavy atom. The van der Waals surface area contributed by atoms with E-state index in [0.29, 0.717) is 27.9 Å². The van der Waals surface area contributed by atoms with Crippen molar-refractivity contribution in [3.8, 4) is 0 Å². The molecular weight excluding hydrogens is 340 g/mol. The number of alkyl halides is 1. The van der Waals surface area contributed by atoms with E-state index in [9.17, 15) is 9.18 Å². The number of ether oxygens (including phenoxy) is 1. The van der Waals surface area contributed by atoms with Crippen LogP contribution in [0.4, 0.5) is 9.18 Å². The van der Waals surface area contributed by atoms with Crippen LogP contribution in [0.5, 0.6) is 0 Å². The van der Waals surface area contributed by atoms with Crippen molar-refractivity contribution in [2.75, 3.05) is 6.61 Å². The van der Waals surface area contributed by atoms with Crippen molar-refractivity contribution >= 4 is 44.7 Å². The number of nitrogens with two attached hydrogens (primary N) is 1. The van der Waals surface area contributed by atoms with Crippen molar-refractivity contribution in [3.63, 3.8) is 0 Å². The predicted molar refractivity (Wildman–Crippen MR) is 72.5 cm³/mol. The minimum absolute atomic E-state index is 0.0969. The fraction of sp³-hybridized carbons (Fsp3) is 0.273. The molecular formula is C11H10BrClFN3O2. The van der Waals surface area contributed by atoms with Gasteiger partial charge in [-0.3, -0.25) is 0 Å². The lowest BCUT2D eigenvalue weighted by molar-refractivity contribution is 0.152. The SMILES string of the molecule is NC(=O)OCCn1c(CCl)nc2cc(F)c(Br)cc21. The van der Waals surface area contributed by atoms with Gasteiger partial charge in [-0.1, -0.05) is 0 Å². The third kappa shape index (κ3) is 2.98. The summed E-state index contributed by atoms with van der Waals surface area (Å²) >= 11 is 8.92. The van der Waals surface area contributed by atoms with Gasteiger partial charge in [-0.15, -0.1) is 11.6 Å². The Kier molecular flexibility index (Phi) is 4.26. The van der Waals surface area contributed by atoms with Gasteiger partial charge >= 0.3 is 6.09 Å². The summed E-state index contributed by atoms with van der Waals surface area (Å²) in [5.41, 5.74) is 6.09. The second-order valence-corrected chi connectivity index (χ2v) is 4.86. The molecule has 0 bridgehead atoms. The Labute approximate surface area is 121 Å². The van der Waals surface area contributed by atoms with Crippen LogP contribution in [0.2, 0.25) is 0 Å². The minimum Gasteiger partial charge on any atom is -0.448 e. The molecule has 0 aliphatic carbocycles. The zero-order valence-corrected chi connectivity index (χ0v) is 12.0. The maximum absolute atomic E-state index is 13.4. The van der Waals surface area contributed by atoms with Crippen LogP contribution in [0.15, 0.2) is 16.6 Å². The number of nitrogens with zero attached hydrogens (tertiary/aromatic N) is 2. The lowest BCUT2D eigenvalue weighted by Crippen LogP contribution is -2.17. The van der Waals surface area contributed by atoms with Crippen molar-refractivity contribution in [2.24, 2.45) is 5.73 Å². The van der Waals surface area contributed by atoms with Crippen LogP contribution >= 0.6 is 27.5 Å². The quantitative estimate of drug-likeness (QED) is 0.862. The molecule has 2 N–H and O–H groups in total. The molecule has 0 unspecified atom stereocenters. The van der Waals surface area contributed by atoms with Crippen molar-refractivity contribution < 1.29 is 13.9 Å². The molecule has 0 spiro atoms. The van der Waals surface area contributed by atoms with E-state index in [0.717, 1.165) is 0 Å². The molecule has 0 fully saturated rings.